The van der Waals surface area contributed by atoms with Gasteiger partial charge in [0.25, 0.3) is 0 Å². The highest BCUT2D eigenvalue weighted by atomic mass is 19.1. The zero-order valence-electron chi connectivity index (χ0n) is 8.56. The van der Waals surface area contributed by atoms with E-state index in [1.54, 1.807) is 0 Å². The molecule has 2 bridgehead atoms. The Balaban J connectivity index is 1.75. The summed E-state index contributed by atoms with van der Waals surface area (Å²) in [6.45, 7) is 1.01. The highest BCUT2D eigenvalue weighted by Crippen LogP contribution is 2.40. The molecule has 0 saturated carbocycles. The molecule has 14 heavy (non-hydrogen) atoms. The second-order valence-corrected chi connectivity index (χ2v) is 5.23. The first kappa shape index (κ1) is 9.10. The fourth-order valence-corrected chi connectivity index (χ4v) is 3.54. The summed E-state index contributed by atoms with van der Waals surface area (Å²) in [6.07, 6.45) is 6.03. The SMILES string of the molecule is FC1(C2CCCN2)CC2CCC(C1)N2. The van der Waals surface area contributed by atoms with Gasteiger partial charge in [0.15, 0.2) is 0 Å². The molecule has 3 rings (SSSR count). The summed E-state index contributed by atoms with van der Waals surface area (Å²) in [5, 5.41) is 6.83. The molecule has 3 fully saturated rings. The van der Waals surface area contributed by atoms with Crippen LogP contribution in [0, 0.1) is 0 Å². The molecule has 0 spiro atoms. The molecule has 3 saturated heterocycles. The molecule has 2 nitrogen and oxygen atoms in total. The smallest absolute Gasteiger partial charge is 0.129 e. The number of halogens is 1. The van der Waals surface area contributed by atoms with E-state index in [0.717, 1.165) is 32.2 Å². The van der Waals surface area contributed by atoms with Crippen molar-refractivity contribution in [3.8, 4) is 0 Å². The normalized spacial score (nSPS) is 52.5. The molecule has 3 atom stereocenters. The number of alkyl halides is 1. The van der Waals surface area contributed by atoms with Crippen molar-refractivity contribution in [1.29, 1.82) is 0 Å². The maximum Gasteiger partial charge on any atom is 0.129 e. The van der Waals surface area contributed by atoms with Crippen molar-refractivity contribution >= 4 is 0 Å². The number of rotatable bonds is 1. The Morgan fingerprint density at radius 1 is 1.07 bits per heavy atom. The largest absolute Gasteiger partial charge is 0.311 e. The summed E-state index contributed by atoms with van der Waals surface area (Å²) in [5.74, 6) is 0. The van der Waals surface area contributed by atoms with Crippen molar-refractivity contribution in [2.24, 2.45) is 0 Å². The third kappa shape index (κ3) is 1.38. The van der Waals surface area contributed by atoms with Crippen LogP contribution in [0.2, 0.25) is 0 Å². The Hall–Kier alpha value is -0.150. The topological polar surface area (TPSA) is 24.1 Å². The van der Waals surface area contributed by atoms with Crippen LogP contribution in [0.3, 0.4) is 0 Å². The van der Waals surface area contributed by atoms with Gasteiger partial charge in [-0.15, -0.1) is 0 Å². The first-order valence-electron chi connectivity index (χ1n) is 5.95. The summed E-state index contributed by atoms with van der Waals surface area (Å²) >= 11 is 0. The van der Waals surface area contributed by atoms with Crippen molar-refractivity contribution < 1.29 is 4.39 Å². The summed E-state index contributed by atoms with van der Waals surface area (Å²) in [4.78, 5) is 0. The van der Waals surface area contributed by atoms with Gasteiger partial charge in [0.2, 0.25) is 0 Å². The summed E-state index contributed by atoms with van der Waals surface area (Å²) < 4.78 is 14.7. The van der Waals surface area contributed by atoms with Crippen molar-refractivity contribution in [3.63, 3.8) is 0 Å². The second-order valence-electron chi connectivity index (χ2n) is 5.23. The number of nitrogens with one attached hydrogen (secondary N) is 2. The quantitative estimate of drug-likeness (QED) is 0.665. The fourth-order valence-electron chi connectivity index (χ4n) is 3.54. The second kappa shape index (κ2) is 3.17. The van der Waals surface area contributed by atoms with E-state index in [0.29, 0.717) is 12.1 Å². The molecule has 2 N–H and O–H groups in total. The zero-order chi connectivity index (χ0) is 9.60. The third-order valence-electron chi connectivity index (χ3n) is 4.19. The van der Waals surface area contributed by atoms with Gasteiger partial charge in [0, 0.05) is 18.1 Å². The lowest BCUT2D eigenvalue weighted by Crippen LogP contribution is -2.54. The van der Waals surface area contributed by atoms with Crippen LogP contribution in [0.15, 0.2) is 0 Å². The molecule has 3 heteroatoms. The lowest BCUT2D eigenvalue weighted by Gasteiger charge is -2.39. The minimum absolute atomic E-state index is 0.146. The Kier molecular flexibility index (Phi) is 2.06. The highest BCUT2D eigenvalue weighted by Gasteiger charge is 2.49. The minimum atomic E-state index is -0.909. The molecule has 0 aromatic carbocycles. The molecule has 3 unspecified atom stereocenters. The summed E-state index contributed by atoms with van der Waals surface area (Å²) in [5.41, 5.74) is -0.909. The third-order valence-corrected chi connectivity index (χ3v) is 4.19. The Morgan fingerprint density at radius 2 is 1.79 bits per heavy atom. The number of piperidine rings is 1. The molecule has 80 valence electrons. The summed E-state index contributed by atoms with van der Waals surface area (Å²) in [6, 6.07) is 1.06. The van der Waals surface area contributed by atoms with Crippen LogP contribution in [0.5, 0.6) is 0 Å². The van der Waals surface area contributed by atoms with Gasteiger partial charge in [-0.3, -0.25) is 0 Å². The van der Waals surface area contributed by atoms with Gasteiger partial charge in [-0.2, -0.15) is 0 Å². The van der Waals surface area contributed by atoms with Gasteiger partial charge < -0.3 is 10.6 Å². The van der Waals surface area contributed by atoms with Crippen LogP contribution in [-0.4, -0.2) is 30.3 Å². The molecule has 0 amide bonds. The molecule has 3 aliphatic rings. The standard InChI is InChI=1S/C11H19FN2/c12-11(10-2-1-5-13-10)6-8-3-4-9(7-11)14-8/h8-10,13-14H,1-7H2. The monoisotopic (exact) mass is 198 g/mol. The van der Waals surface area contributed by atoms with E-state index in [1.165, 1.54) is 12.8 Å². The van der Waals surface area contributed by atoms with Crippen LogP contribution >= 0.6 is 0 Å². The Labute approximate surface area is 84.6 Å². The lowest BCUT2D eigenvalue weighted by molar-refractivity contribution is 0.0531. The van der Waals surface area contributed by atoms with Gasteiger partial charge in [0.05, 0.1) is 0 Å². The molecule has 0 aromatic heterocycles. The van der Waals surface area contributed by atoms with Gasteiger partial charge in [0.1, 0.15) is 5.67 Å². The van der Waals surface area contributed by atoms with Gasteiger partial charge in [-0.25, -0.2) is 4.39 Å². The summed E-state index contributed by atoms with van der Waals surface area (Å²) in [7, 11) is 0. The molecular formula is C11H19FN2. The van der Waals surface area contributed by atoms with Crippen LogP contribution in [0.1, 0.15) is 38.5 Å². The van der Waals surface area contributed by atoms with E-state index in [4.69, 9.17) is 0 Å². The predicted molar refractivity (Wildman–Crippen MR) is 54.0 cm³/mol. The predicted octanol–water partition coefficient (Wildman–Crippen LogP) is 1.36. The number of hydrogen-bond donors (Lipinski definition) is 2. The van der Waals surface area contributed by atoms with Crippen molar-refractivity contribution in [2.75, 3.05) is 6.54 Å². The highest BCUT2D eigenvalue weighted by molar-refractivity contribution is 5.06. The first-order chi connectivity index (χ1) is 6.76. The molecule has 0 radical (unpaired) electrons. The van der Waals surface area contributed by atoms with Crippen molar-refractivity contribution in [1.82, 2.24) is 10.6 Å². The number of fused-ring (bicyclic) bond motifs is 2. The Morgan fingerprint density at radius 3 is 2.36 bits per heavy atom. The molecule has 0 aromatic rings. The van der Waals surface area contributed by atoms with E-state index in [1.807, 2.05) is 0 Å². The number of hydrogen-bond acceptors (Lipinski definition) is 2. The van der Waals surface area contributed by atoms with Gasteiger partial charge >= 0.3 is 0 Å². The van der Waals surface area contributed by atoms with Gasteiger partial charge in [-0.1, -0.05) is 0 Å². The van der Waals surface area contributed by atoms with Crippen molar-refractivity contribution in [2.45, 2.75) is 62.3 Å². The fraction of sp³-hybridized carbons (Fsp3) is 1.00. The zero-order valence-corrected chi connectivity index (χ0v) is 8.56. The average molecular weight is 198 g/mol. The van der Waals surface area contributed by atoms with E-state index in [-0.39, 0.29) is 6.04 Å². The molecule has 3 aliphatic heterocycles. The molecule has 3 heterocycles. The van der Waals surface area contributed by atoms with Crippen molar-refractivity contribution in [3.05, 3.63) is 0 Å². The maximum absolute atomic E-state index is 14.7. The lowest BCUT2D eigenvalue weighted by atomic mass is 9.82. The van der Waals surface area contributed by atoms with E-state index >= 15 is 0 Å². The average Bonchev–Trinajstić information content (AvgIpc) is 2.75. The van der Waals surface area contributed by atoms with Crippen LogP contribution < -0.4 is 10.6 Å². The first-order valence-corrected chi connectivity index (χ1v) is 5.95. The minimum Gasteiger partial charge on any atom is -0.311 e. The van der Waals surface area contributed by atoms with E-state index in [2.05, 4.69) is 10.6 Å². The Bertz CT molecular complexity index is 213. The maximum atomic E-state index is 14.7. The van der Waals surface area contributed by atoms with Crippen LogP contribution in [-0.2, 0) is 0 Å². The molecular weight excluding hydrogens is 179 g/mol. The van der Waals surface area contributed by atoms with E-state index in [9.17, 15) is 4.39 Å². The van der Waals surface area contributed by atoms with Gasteiger partial charge in [-0.05, 0) is 45.1 Å². The van der Waals surface area contributed by atoms with Crippen LogP contribution in [0.25, 0.3) is 0 Å². The molecule has 0 aliphatic carbocycles. The van der Waals surface area contributed by atoms with E-state index < -0.39 is 5.67 Å². The van der Waals surface area contributed by atoms with Crippen LogP contribution in [0.4, 0.5) is 4.39 Å².